The van der Waals surface area contributed by atoms with Gasteiger partial charge in [-0.15, -0.1) is 0 Å². The Balaban J connectivity index is 1.55. The minimum Gasteiger partial charge on any atom is -0.451 e. The Labute approximate surface area is 184 Å². The van der Waals surface area contributed by atoms with Gasteiger partial charge in [0.1, 0.15) is 12.1 Å². The normalized spacial score (nSPS) is 29.9. The summed E-state index contributed by atoms with van der Waals surface area (Å²) in [6.45, 7) is 7.29. The van der Waals surface area contributed by atoms with Crippen LogP contribution in [0.2, 0.25) is 0 Å². The first kappa shape index (κ1) is 23.5. The molecule has 3 fully saturated rings. The van der Waals surface area contributed by atoms with E-state index in [9.17, 15) is 19.2 Å². The molecule has 8 heteroatoms. The third-order valence-corrected chi connectivity index (χ3v) is 6.79. The maximum atomic E-state index is 13.1. The van der Waals surface area contributed by atoms with Crippen LogP contribution in [0.25, 0.3) is 0 Å². The fraction of sp³-hybridized carbons (Fsp3) is 0.826. The van der Waals surface area contributed by atoms with E-state index in [0.29, 0.717) is 12.8 Å². The van der Waals surface area contributed by atoms with E-state index in [4.69, 9.17) is 4.74 Å². The molecule has 0 aromatic rings. The van der Waals surface area contributed by atoms with Crippen LogP contribution in [0.15, 0.2) is 0 Å². The summed E-state index contributed by atoms with van der Waals surface area (Å²) in [5.74, 6) is -1.18. The molecule has 3 unspecified atom stereocenters. The third-order valence-electron chi connectivity index (χ3n) is 6.79. The van der Waals surface area contributed by atoms with E-state index in [1.165, 1.54) is 19.8 Å². The first-order chi connectivity index (χ1) is 14.5. The van der Waals surface area contributed by atoms with Crippen molar-refractivity contribution in [3.05, 3.63) is 0 Å². The van der Waals surface area contributed by atoms with Crippen molar-refractivity contribution in [3.63, 3.8) is 0 Å². The van der Waals surface area contributed by atoms with Gasteiger partial charge in [-0.1, -0.05) is 46.5 Å². The monoisotopic (exact) mass is 435 g/mol. The zero-order valence-corrected chi connectivity index (χ0v) is 19.3. The van der Waals surface area contributed by atoms with Crippen LogP contribution in [0, 0.1) is 11.3 Å². The topological polar surface area (TPSA) is 105 Å². The Morgan fingerprint density at radius 3 is 2.42 bits per heavy atom. The number of ether oxygens (including phenoxy) is 1. The van der Waals surface area contributed by atoms with Crippen LogP contribution in [-0.2, 0) is 19.1 Å². The van der Waals surface area contributed by atoms with Crippen LogP contribution in [0.4, 0.5) is 4.79 Å². The molecule has 4 amide bonds. The molecule has 3 atom stereocenters. The van der Waals surface area contributed by atoms with E-state index in [1.54, 1.807) is 0 Å². The van der Waals surface area contributed by atoms with Gasteiger partial charge in [-0.2, -0.15) is 0 Å². The van der Waals surface area contributed by atoms with Gasteiger partial charge in [0.05, 0.1) is 0 Å². The maximum Gasteiger partial charge on any atom is 0.327 e. The van der Waals surface area contributed by atoms with Gasteiger partial charge in [-0.25, -0.2) is 4.79 Å². The molecule has 2 aliphatic carbocycles. The van der Waals surface area contributed by atoms with Gasteiger partial charge in [0.2, 0.25) is 0 Å². The molecule has 174 valence electrons. The highest BCUT2D eigenvalue weighted by Gasteiger charge is 2.56. The number of nitrogens with zero attached hydrogens (tertiary/aromatic N) is 1. The molecule has 1 spiro atoms. The Morgan fingerprint density at radius 2 is 1.81 bits per heavy atom. The average Bonchev–Trinajstić information content (AvgIpc) is 2.84. The van der Waals surface area contributed by atoms with E-state index in [0.717, 1.165) is 37.0 Å². The number of hydrogen-bond acceptors (Lipinski definition) is 5. The largest absolute Gasteiger partial charge is 0.451 e. The van der Waals surface area contributed by atoms with Gasteiger partial charge in [-0.05, 0) is 50.4 Å². The van der Waals surface area contributed by atoms with Gasteiger partial charge in [-0.3, -0.25) is 19.3 Å². The predicted molar refractivity (Wildman–Crippen MR) is 115 cm³/mol. The molecule has 0 aromatic heterocycles. The van der Waals surface area contributed by atoms with Crippen molar-refractivity contribution in [2.24, 2.45) is 11.3 Å². The van der Waals surface area contributed by atoms with Crippen LogP contribution in [0.1, 0.15) is 85.5 Å². The summed E-state index contributed by atoms with van der Waals surface area (Å²) in [5, 5.41) is 5.81. The number of imide groups is 1. The fourth-order valence-electron chi connectivity index (χ4n) is 5.81. The zero-order chi connectivity index (χ0) is 22.8. The molecule has 2 N–H and O–H groups in total. The number of carbonyl (C=O) groups excluding carboxylic acids is 4. The van der Waals surface area contributed by atoms with Crippen molar-refractivity contribution < 1.29 is 23.9 Å². The molecule has 3 aliphatic rings. The SMILES string of the molecule is CC1CC(C)(C)CC2(C1)NC(=O)N(CC(=O)OC(C)C(=O)NC1CCCCCC1)C2=O. The average molecular weight is 436 g/mol. The van der Waals surface area contributed by atoms with Gasteiger partial charge < -0.3 is 15.4 Å². The molecular weight excluding hydrogens is 398 g/mol. The summed E-state index contributed by atoms with van der Waals surface area (Å²) in [6, 6.07) is -0.457. The van der Waals surface area contributed by atoms with Crippen LogP contribution < -0.4 is 10.6 Å². The van der Waals surface area contributed by atoms with Crippen molar-refractivity contribution in [1.82, 2.24) is 15.5 Å². The molecule has 0 bridgehead atoms. The lowest BCUT2D eigenvalue weighted by Crippen LogP contribution is -2.54. The number of hydrogen-bond donors (Lipinski definition) is 2. The highest BCUT2D eigenvalue weighted by molar-refractivity contribution is 6.08. The molecule has 8 nitrogen and oxygen atoms in total. The van der Waals surface area contributed by atoms with E-state index in [-0.39, 0.29) is 29.2 Å². The summed E-state index contributed by atoms with van der Waals surface area (Å²) in [5.41, 5.74) is -1.04. The summed E-state index contributed by atoms with van der Waals surface area (Å²) < 4.78 is 5.26. The second-order valence-corrected chi connectivity index (χ2v) is 10.6. The Kier molecular flexibility index (Phi) is 6.96. The first-order valence-corrected chi connectivity index (χ1v) is 11.7. The van der Waals surface area contributed by atoms with Crippen LogP contribution >= 0.6 is 0 Å². The minimum atomic E-state index is -0.973. The first-order valence-electron chi connectivity index (χ1n) is 11.7. The van der Waals surface area contributed by atoms with Gasteiger partial charge in [0, 0.05) is 6.04 Å². The summed E-state index contributed by atoms with van der Waals surface area (Å²) in [6.07, 6.45) is 7.52. The molecular formula is C23H37N3O5. The maximum absolute atomic E-state index is 13.1. The highest BCUT2D eigenvalue weighted by Crippen LogP contribution is 2.46. The smallest absolute Gasteiger partial charge is 0.327 e. The Hall–Kier alpha value is -2.12. The predicted octanol–water partition coefficient (Wildman–Crippen LogP) is 2.89. The number of esters is 1. The standard InChI is InChI=1S/C23H37N3O5/c1-15-11-22(3,4)14-23(12-15)20(29)26(21(30)25-23)13-18(27)31-16(2)19(28)24-17-9-7-5-6-8-10-17/h15-17H,5-14H2,1-4H3,(H,24,28)(H,25,30). The molecule has 1 heterocycles. The lowest BCUT2D eigenvalue weighted by Gasteiger charge is -2.43. The van der Waals surface area contributed by atoms with Crippen molar-refractivity contribution in [3.8, 4) is 0 Å². The second kappa shape index (κ2) is 9.17. The Morgan fingerprint density at radius 1 is 1.16 bits per heavy atom. The van der Waals surface area contributed by atoms with Crippen molar-refractivity contribution in [2.75, 3.05) is 6.54 Å². The van der Waals surface area contributed by atoms with E-state index in [2.05, 4.69) is 31.4 Å². The van der Waals surface area contributed by atoms with Crippen molar-refractivity contribution in [2.45, 2.75) is 103 Å². The quantitative estimate of drug-likeness (QED) is 0.392. The number of amides is 4. The molecule has 3 rings (SSSR count). The lowest BCUT2D eigenvalue weighted by atomic mass is 9.64. The zero-order valence-electron chi connectivity index (χ0n) is 19.3. The van der Waals surface area contributed by atoms with Gasteiger partial charge >= 0.3 is 12.0 Å². The van der Waals surface area contributed by atoms with Crippen LogP contribution in [0.5, 0.6) is 0 Å². The minimum absolute atomic E-state index is 0.0816. The highest BCUT2D eigenvalue weighted by atomic mass is 16.5. The van der Waals surface area contributed by atoms with Crippen LogP contribution in [-0.4, -0.2) is 52.9 Å². The third kappa shape index (κ3) is 5.57. The molecule has 1 saturated heterocycles. The fourth-order valence-corrected chi connectivity index (χ4v) is 5.81. The summed E-state index contributed by atoms with van der Waals surface area (Å²) in [4.78, 5) is 51.5. The van der Waals surface area contributed by atoms with E-state index in [1.807, 2.05) is 0 Å². The molecule has 2 saturated carbocycles. The molecule has 0 aromatic carbocycles. The molecule has 0 radical (unpaired) electrons. The Bertz CT molecular complexity index is 729. The van der Waals surface area contributed by atoms with Gasteiger partial charge in [0.15, 0.2) is 6.10 Å². The number of carbonyl (C=O) groups is 4. The van der Waals surface area contributed by atoms with E-state index < -0.39 is 30.2 Å². The van der Waals surface area contributed by atoms with E-state index >= 15 is 0 Å². The van der Waals surface area contributed by atoms with Crippen LogP contribution in [0.3, 0.4) is 0 Å². The summed E-state index contributed by atoms with van der Waals surface area (Å²) >= 11 is 0. The van der Waals surface area contributed by atoms with Crippen molar-refractivity contribution in [1.29, 1.82) is 0 Å². The second-order valence-electron chi connectivity index (χ2n) is 10.6. The summed E-state index contributed by atoms with van der Waals surface area (Å²) in [7, 11) is 0. The number of rotatable bonds is 5. The van der Waals surface area contributed by atoms with Gasteiger partial charge in [0.25, 0.3) is 11.8 Å². The molecule has 1 aliphatic heterocycles. The number of urea groups is 1. The number of nitrogens with one attached hydrogen (secondary N) is 2. The molecule has 31 heavy (non-hydrogen) atoms. The lowest BCUT2D eigenvalue weighted by molar-refractivity contribution is -0.157. The van der Waals surface area contributed by atoms with Crippen molar-refractivity contribution >= 4 is 23.8 Å².